The first-order valence-electron chi connectivity index (χ1n) is 11.4. The van der Waals surface area contributed by atoms with Crippen LogP contribution in [0.2, 0.25) is 0 Å². The van der Waals surface area contributed by atoms with Crippen molar-refractivity contribution in [3.63, 3.8) is 0 Å². The monoisotopic (exact) mass is 495 g/mol. The Balaban J connectivity index is 1.53. The van der Waals surface area contributed by atoms with Gasteiger partial charge in [-0.25, -0.2) is 13.4 Å². The van der Waals surface area contributed by atoms with E-state index in [4.69, 9.17) is 0 Å². The lowest BCUT2D eigenvalue weighted by Gasteiger charge is -2.13. The average Bonchev–Trinajstić information content (AvgIpc) is 3.25. The topological polar surface area (TPSA) is 89.2 Å². The molecule has 2 heterocycles. The molecule has 0 saturated carbocycles. The standard InChI is InChI=1S/C25H29N5O2S2/c1-5-6-23-18(4)28-25-26-16-27-30(25)24(23)33-21-11-9-20(10-12-21)29-34(31,32)22-13-7-19(8-14-22)15-17(2)3/h7-14,16-17,29H,5-6,15H2,1-4H3. The second kappa shape index (κ2) is 10.1. The number of nitrogens with one attached hydrogen (secondary N) is 1. The summed E-state index contributed by atoms with van der Waals surface area (Å²) in [7, 11) is -3.66. The average molecular weight is 496 g/mol. The van der Waals surface area contributed by atoms with Gasteiger partial charge in [0.2, 0.25) is 0 Å². The molecule has 0 aliphatic heterocycles. The summed E-state index contributed by atoms with van der Waals surface area (Å²) in [5, 5.41) is 5.33. The molecule has 0 spiro atoms. The van der Waals surface area contributed by atoms with Gasteiger partial charge in [0.15, 0.2) is 0 Å². The zero-order chi connectivity index (χ0) is 24.3. The van der Waals surface area contributed by atoms with Crippen molar-refractivity contribution >= 4 is 33.3 Å². The summed E-state index contributed by atoms with van der Waals surface area (Å²) in [6.07, 6.45) is 4.32. The van der Waals surface area contributed by atoms with Crippen molar-refractivity contribution in [2.75, 3.05) is 4.72 Å². The van der Waals surface area contributed by atoms with Gasteiger partial charge in [-0.3, -0.25) is 4.72 Å². The quantitative estimate of drug-likeness (QED) is 0.307. The van der Waals surface area contributed by atoms with Crippen molar-refractivity contribution in [1.82, 2.24) is 19.6 Å². The van der Waals surface area contributed by atoms with E-state index in [1.54, 1.807) is 40.5 Å². The van der Waals surface area contributed by atoms with Gasteiger partial charge in [0.1, 0.15) is 11.4 Å². The van der Waals surface area contributed by atoms with Crippen LogP contribution in [0, 0.1) is 12.8 Å². The Bertz CT molecular complexity index is 1380. The first-order chi connectivity index (χ1) is 16.3. The molecule has 0 amide bonds. The smallest absolute Gasteiger partial charge is 0.261 e. The molecular formula is C25H29N5O2S2. The van der Waals surface area contributed by atoms with Gasteiger partial charge < -0.3 is 0 Å². The number of nitrogens with zero attached hydrogens (tertiary/aromatic N) is 4. The lowest BCUT2D eigenvalue weighted by Crippen LogP contribution is -2.13. The van der Waals surface area contributed by atoms with Crippen LogP contribution in [-0.4, -0.2) is 28.0 Å². The second-order valence-electron chi connectivity index (χ2n) is 8.68. The minimum absolute atomic E-state index is 0.253. The van der Waals surface area contributed by atoms with Gasteiger partial charge in [0, 0.05) is 21.8 Å². The van der Waals surface area contributed by atoms with E-state index in [2.05, 4.69) is 40.6 Å². The number of anilines is 1. The number of aryl methyl sites for hydroxylation is 1. The molecule has 4 rings (SSSR count). The minimum Gasteiger partial charge on any atom is -0.280 e. The van der Waals surface area contributed by atoms with Crippen molar-refractivity contribution < 1.29 is 8.42 Å². The molecule has 7 nitrogen and oxygen atoms in total. The van der Waals surface area contributed by atoms with Crippen LogP contribution >= 0.6 is 11.8 Å². The van der Waals surface area contributed by atoms with E-state index >= 15 is 0 Å². The number of hydrogen-bond acceptors (Lipinski definition) is 6. The van der Waals surface area contributed by atoms with Crippen LogP contribution in [0.15, 0.2) is 69.7 Å². The maximum absolute atomic E-state index is 12.8. The summed E-state index contributed by atoms with van der Waals surface area (Å²) in [6.45, 7) is 8.42. The molecule has 0 aliphatic rings. The maximum atomic E-state index is 12.8. The van der Waals surface area contributed by atoms with Gasteiger partial charge in [-0.15, -0.1) is 0 Å². The van der Waals surface area contributed by atoms with Crippen LogP contribution in [-0.2, 0) is 22.9 Å². The molecule has 0 bridgehead atoms. The molecule has 4 aromatic rings. The summed E-state index contributed by atoms with van der Waals surface area (Å²) in [6, 6.07) is 14.4. The van der Waals surface area contributed by atoms with Crippen LogP contribution in [0.1, 0.15) is 44.0 Å². The van der Waals surface area contributed by atoms with E-state index in [1.807, 2.05) is 31.2 Å². The number of benzene rings is 2. The summed E-state index contributed by atoms with van der Waals surface area (Å²) in [5.74, 6) is 1.09. The zero-order valence-electron chi connectivity index (χ0n) is 19.8. The Morgan fingerprint density at radius 1 is 1.06 bits per heavy atom. The molecule has 34 heavy (non-hydrogen) atoms. The van der Waals surface area contributed by atoms with Gasteiger partial charge >= 0.3 is 0 Å². The maximum Gasteiger partial charge on any atom is 0.261 e. The molecule has 0 radical (unpaired) electrons. The third kappa shape index (κ3) is 5.42. The molecule has 0 saturated heterocycles. The van der Waals surface area contributed by atoms with Gasteiger partial charge in [-0.2, -0.15) is 14.6 Å². The fourth-order valence-corrected chi connectivity index (χ4v) is 5.93. The highest BCUT2D eigenvalue weighted by atomic mass is 32.2. The van der Waals surface area contributed by atoms with Crippen LogP contribution in [0.5, 0.6) is 0 Å². The minimum atomic E-state index is -3.66. The Kier molecular flexibility index (Phi) is 7.23. The molecule has 2 aromatic carbocycles. The Labute approximate surface area is 205 Å². The highest BCUT2D eigenvalue weighted by molar-refractivity contribution is 7.99. The highest BCUT2D eigenvalue weighted by Gasteiger charge is 2.17. The summed E-state index contributed by atoms with van der Waals surface area (Å²) in [4.78, 5) is 10.0. The molecule has 1 N–H and O–H groups in total. The Morgan fingerprint density at radius 3 is 2.41 bits per heavy atom. The van der Waals surface area contributed by atoms with Gasteiger partial charge in [-0.1, -0.05) is 51.1 Å². The van der Waals surface area contributed by atoms with Crippen LogP contribution in [0.3, 0.4) is 0 Å². The third-order valence-electron chi connectivity index (χ3n) is 5.38. The molecule has 0 aliphatic carbocycles. The number of aromatic nitrogens is 4. The molecular weight excluding hydrogens is 466 g/mol. The predicted octanol–water partition coefficient (Wildman–Crippen LogP) is 5.54. The van der Waals surface area contributed by atoms with Crippen LogP contribution in [0.25, 0.3) is 5.78 Å². The van der Waals surface area contributed by atoms with E-state index in [1.165, 1.54) is 6.33 Å². The molecule has 2 aromatic heterocycles. The first-order valence-corrected chi connectivity index (χ1v) is 13.7. The lowest BCUT2D eigenvalue weighted by molar-refractivity contribution is 0.601. The van der Waals surface area contributed by atoms with E-state index in [-0.39, 0.29) is 4.90 Å². The van der Waals surface area contributed by atoms with Gasteiger partial charge in [-0.05, 0) is 67.6 Å². The molecule has 0 atom stereocenters. The largest absolute Gasteiger partial charge is 0.280 e. The molecule has 9 heteroatoms. The third-order valence-corrected chi connectivity index (χ3v) is 7.90. The Morgan fingerprint density at radius 2 is 1.76 bits per heavy atom. The van der Waals surface area contributed by atoms with Crippen molar-refractivity contribution in [3.05, 3.63) is 71.7 Å². The molecule has 0 unspecified atom stereocenters. The Hall–Kier alpha value is -2.91. The van der Waals surface area contributed by atoms with Crippen molar-refractivity contribution in [2.24, 2.45) is 5.92 Å². The van der Waals surface area contributed by atoms with E-state index < -0.39 is 10.0 Å². The predicted molar refractivity (Wildman–Crippen MR) is 136 cm³/mol. The van der Waals surface area contributed by atoms with Gasteiger partial charge in [0.25, 0.3) is 15.8 Å². The van der Waals surface area contributed by atoms with Crippen molar-refractivity contribution in [1.29, 1.82) is 0 Å². The number of rotatable bonds is 9. The van der Waals surface area contributed by atoms with Gasteiger partial charge in [0.05, 0.1) is 4.90 Å². The van der Waals surface area contributed by atoms with Crippen molar-refractivity contribution in [3.8, 4) is 0 Å². The highest BCUT2D eigenvalue weighted by Crippen LogP contribution is 2.33. The normalized spacial score (nSPS) is 11.9. The zero-order valence-corrected chi connectivity index (χ0v) is 21.4. The first kappa shape index (κ1) is 24.2. The molecule has 0 fully saturated rings. The lowest BCUT2D eigenvalue weighted by atomic mass is 10.0. The van der Waals surface area contributed by atoms with Crippen molar-refractivity contribution in [2.45, 2.75) is 61.8 Å². The summed E-state index contributed by atoms with van der Waals surface area (Å²) < 4.78 is 30.1. The van der Waals surface area contributed by atoms with E-state index in [0.29, 0.717) is 17.4 Å². The number of fused-ring (bicyclic) bond motifs is 1. The summed E-state index contributed by atoms with van der Waals surface area (Å²) >= 11 is 1.58. The molecule has 178 valence electrons. The SMILES string of the molecule is CCCc1c(C)nc2ncnn2c1Sc1ccc(NS(=O)(=O)c2ccc(CC(C)C)cc2)cc1. The summed E-state index contributed by atoms with van der Waals surface area (Å²) in [5.41, 5.74) is 3.75. The van der Waals surface area contributed by atoms with E-state index in [0.717, 1.165) is 46.0 Å². The second-order valence-corrected chi connectivity index (χ2v) is 11.4. The number of sulfonamides is 1. The van der Waals surface area contributed by atoms with Crippen LogP contribution in [0.4, 0.5) is 5.69 Å². The fourth-order valence-electron chi connectivity index (χ4n) is 3.79. The van der Waals surface area contributed by atoms with E-state index in [9.17, 15) is 8.42 Å². The number of hydrogen-bond donors (Lipinski definition) is 1. The van der Waals surface area contributed by atoms with Crippen LogP contribution < -0.4 is 4.72 Å². The fraction of sp³-hybridized carbons (Fsp3) is 0.320.